The predicted octanol–water partition coefficient (Wildman–Crippen LogP) is 4.46. The third-order valence-electron chi connectivity index (χ3n) is 6.70. The quantitative estimate of drug-likeness (QED) is 0.292. The van der Waals surface area contributed by atoms with Gasteiger partial charge in [-0.1, -0.05) is 66.2 Å². The number of aryl methyl sites for hydroxylation is 1. The predicted molar refractivity (Wildman–Crippen MR) is 154 cm³/mol. The molecule has 0 fully saturated rings. The number of hydrogen-bond acceptors (Lipinski definition) is 5. The van der Waals surface area contributed by atoms with Gasteiger partial charge in [-0.2, -0.15) is 0 Å². The number of ether oxygens (including phenoxy) is 2. The highest BCUT2D eigenvalue weighted by atomic mass is 16.7. The monoisotopic (exact) mass is 544 g/mol. The summed E-state index contributed by atoms with van der Waals surface area (Å²) in [4.78, 5) is 42.5. The Hall–Kier alpha value is -4.21. The van der Waals surface area contributed by atoms with Gasteiger partial charge in [-0.15, -0.1) is 0 Å². The van der Waals surface area contributed by atoms with Gasteiger partial charge >= 0.3 is 6.03 Å². The van der Waals surface area contributed by atoms with Crippen molar-refractivity contribution in [3.8, 4) is 0 Å². The molecule has 1 atom stereocenters. The van der Waals surface area contributed by atoms with Crippen LogP contribution in [0.4, 0.5) is 16.2 Å². The van der Waals surface area contributed by atoms with Gasteiger partial charge in [0.05, 0.1) is 18.7 Å². The summed E-state index contributed by atoms with van der Waals surface area (Å²) in [5.41, 5.74) is 2.01. The molecule has 9 heteroatoms. The molecule has 0 bridgehead atoms. The molecular formula is C31H36N4O5. The summed E-state index contributed by atoms with van der Waals surface area (Å²) in [6.45, 7) is 6.85. The van der Waals surface area contributed by atoms with E-state index >= 15 is 0 Å². The third-order valence-corrected chi connectivity index (χ3v) is 6.70. The maximum Gasteiger partial charge on any atom is 0.320 e. The van der Waals surface area contributed by atoms with Crippen molar-refractivity contribution in [2.75, 3.05) is 30.0 Å². The lowest BCUT2D eigenvalue weighted by molar-refractivity contribution is -0.138. The van der Waals surface area contributed by atoms with Gasteiger partial charge in [-0.25, -0.2) is 4.79 Å². The molecule has 1 aliphatic rings. The largest absolute Gasteiger partial charge is 0.352 e. The Labute approximate surface area is 234 Å². The highest BCUT2D eigenvalue weighted by molar-refractivity contribution is 6.12. The molecule has 0 saturated carbocycles. The number of amides is 4. The highest BCUT2D eigenvalue weighted by Crippen LogP contribution is 2.42. The number of nitrogens with zero attached hydrogens (tertiary/aromatic N) is 1. The highest BCUT2D eigenvalue weighted by Gasteiger charge is 2.53. The Kier molecular flexibility index (Phi) is 9.52. The Morgan fingerprint density at radius 3 is 2.23 bits per heavy atom. The number of rotatable bonds is 12. The fraction of sp³-hybridized carbons (Fsp3) is 0.323. The zero-order valence-corrected chi connectivity index (χ0v) is 23.1. The summed E-state index contributed by atoms with van der Waals surface area (Å²) in [6.07, 6.45) is -0.961. The zero-order chi connectivity index (χ0) is 28.5. The minimum absolute atomic E-state index is 0.103. The van der Waals surface area contributed by atoms with E-state index in [-0.39, 0.29) is 18.9 Å². The van der Waals surface area contributed by atoms with E-state index in [9.17, 15) is 14.4 Å². The van der Waals surface area contributed by atoms with Crippen molar-refractivity contribution in [3.63, 3.8) is 0 Å². The lowest BCUT2D eigenvalue weighted by Crippen LogP contribution is -2.57. The topological polar surface area (TPSA) is 109 Å². The number of benzene rings is 3. The molecule has 0 unspecified atom stereocenters. The van der Waals surface area contributed by atoms with E-state index in [1.807, 2.05) is 69.3 Å². The average Bonchev–Trinajstić information content (AvgIpc) is 3.16. The summed E-state index contributed by atoms with van der Waals surface area (Å²) in [7, 11) is 0. The van der Waals surface area contributed by atoms with Crippen LogP contribution in [0.25, 0.3) is 0 Å². The van der Waals surface area contributed by atoms with Crippen LogP contribution in [0.1, 0.15) is 37.0 Å². The van der Waals surface area contributed by atoms with Crippen molar-refractivity contribution in [1.29, 1.82) is 0 Å². The number of para-hydroxylation sites is 1. The van der Waals surface area contributed by atoms with Crippen molar-refractivity contribution < 1.29 is 23.9 Å². The first kappa shape index (κ1) is 28.8. The van der Waals surface area contributed by atoms with Gasteiger partial charge in [-0.05, 0) is 44.5 Å². The molecule has 3 N–H and O–H groups in total. The smallest absolute Gasteiger partial charge is 0.320 e. The zero-order valence-electron chi connectivity index (χ0n) is 23.1. The number of hydrogen-bond donors (Lipinski definition) is 3. The molecule has 3 aromatic rings. The van der Waals surface area contributed by atoms with Crippen LogP contribution in [0.3, 0.4) is 0 Å². The van der Waals surface area contributed by atoms with E-state index in [2.05, 4.69) is 16.0 Å². The van der Waals surface area contributed by atoms with Gasteiger partial charge in [0.1, 0.15) is 0 Å². The van der Waals surface area contributed by atoms with Crippen molar-refractivity contribution >= 4 is 29.2 Å². The molecule has 9 nitrogen and oxygen atoms in total. The lowest BCUT2D eigenvalue weighted by atomic mass is 9.87. The maximum atomic E-state index is 14.3. The molecule has 210 valence electrons. The molecule has 4 amide bonds. The standard InChI is InChI=1S/C31H36N4O5/c1-4-39-28(40-5-2)21-35-26-14-10-9-13-25(26)31(29(35)37,19-27(36)32-20-23-11-7-6-8-12-23)34-30(38)33-24-17-15-22(3)16-18-24/h6-18,28H,4-5,19-21H2,1-3H3,(H,32,36)(H2,33,34,38)/t31-/m0/s1. The van der Waals surface area contributed by atoms with Crippen LogP contribution in [-0.4, -0.2) is 43.9 Å². The summed E-state index contributed by atoms with van der Waals surface area (Å²) < 4.78 is 11.4. The Morgan fingerprint density at radius 2 is 1.55 bits per heavy atom. The van der Waals surface area contributed by atoms with Crippen LogP contribution in [0, 0.1) is 6.92 Å². The second kappa shape index (κ2) is 13.2. The van der Waals surface area contributed by atoms with Crippen molar-refractivity contribution in [3.05, 3.63) is 95.6 Å². The van der Waals surface area contributed by atoms with Gasteiger partial charge in [0, 0.05) is 31.0 Å². The van der Waals surface area contributed by atoms with Crippen LogP contribution >= 0.6 is 0 Å². The fourth-order valence-electron chi connectivity index (χ4n) is 4.81. The number of carbonyl (C=O) groups is 3. The summed E-state index contributed by atoms with van der Waals surface area (Å²) in [5, 5.41) is 8.57. The van der Waals surface area contributed by atoms with Gasteiger partial charge in [-0.3, -0.25) is 9.59 Å². The molecule has 40 heavy (non-hydrogen) atoms. The molecule has 4 rings (SSSR count). The van der Waals surface area contributed by atoms with Crippen LogP contribution < -0.4 is 20.9 Å². The van der Waals surface area contributed by atoms with E-state index in [1.165, 1.54) is 4.90 Å². The summed E-state index contributed by atoms with van der Waals surface area (Å²) in [6, 6.07) is 23.4. The minimum atomic E-state index is -1.64. The SMILES string of the molecule is CCOC(CN1C(=O)[C@@](CC(=O)NCc2ccccc2)(NC(=O)Nc2ccc(C)cc2)c2ccccc21)OCC. The molecule has 0 aromatic heterocycles. The summed E-state index contributed by atoms with van der Waals surface area (Å²) in [5.74, 6) is -0.817. The first-order chi connectivity index (χ1) is 19.4. The van der Waals surface area contributed by atoms with Gasteiger partial charge in [0.25, 0.3) is 5.91 Å². The van der Waals surface area contributed by atoms with Crippen molar-refractivity contribution in [2.45, 2.75) is 45.6 Å². The summed E-state index contributed by atoms with van der Waals surface area (Å²) >= 11 is 0. The van der Waals surface area contributed by atoms with E-state index in [1.54, 1.807) is 30.3 Å². The third kappa shape index (κ3) is 6.67. The average molecular weight is 545 g/mol. The lowest BCUT2D eigenvalue weighted by Gasteiger charge is -2.30. The molecule has 3 aromatic carbocycles. The number of nitrogens with one attached hydrogen (secondary N) is 3. The van der Waals surface area contributed by atoms with E-state index in [0.29, 0.717) is 36.7 Å². The molecule has 0 spiro atoms. The van der Waals surface area contributed by atoms with Crippen LogP contribution in [0.5, 0.6) is 0 Å². The van der Waals surface area contributed by atoms with E-state index in [0.717, 1.165) is 11.1 Å². The van der Waals surface area contributed by atoms with Gasteiger partial charge in [0.2, 0.25) is 5.91 Å². The molecular weight excluding hydrogens is 508 g/mol. The van der Waals surface area contributed by atoms with Crippen molar-refractivity contribution in [1.82, 2.24) is 10.6 Å². The number of fused-ring (bicyclic) bond motifs is 1. The van der Waals surface area contributed by atoms with Crippen LogP contribution in [0.2, 0.25) is 0 Å². The van der Waals surface area contributed by atoms with Crippen molar-refractivity contribution in [2.24, 2.45) is 0 Å². The Bertz CT molecular complexity index is 1310. The number of urea groups is 1. The van der Waals surface area contributed by atoms with E-state index in [4.69, 9.17) is 9.47 Å². The normalized spacial score (nSPS) is 16.1. The van der Waals surface area contributed by atoms with Crippen LogP contribution in [-0.2, 0) is 31.1 Å². The second-order valence-electron chi connectivity index (χ2n) is 9.56. The first-order valence-electron chi connectivity index (χ1n) is 13.5. The van der Waals surface area contributed by atoms with Gasteiger partial charge < -0.3 is 30.3 Å². The minimum Gasteiger partial charge on any atom is -0.352 e. The molecule has 0 radical (unpaired) electrons. The maximum absolute atomic E-state index is 14.3. The van der Waals surface area contributed by atoms with Gasteiger partial charge in [0.15, 0.2) is 11.8 Å². The Morgan fingerprint density at radius 1 is 0.900 bits per heavy atom. The van der Waals surface area contributed by atoms with Crippen LogP contribution in [0.15, 0.2) is 78.9 Å². The Balaban J connectivity index is 1.65. The molecule has 1 aliphatic heterocycles. The fourth-order valence-corrected chi connectivity index (χ4v) is 4.81. The molecule has 0 aliphatic carbocycles. The number of anilines is 2. The molecule has 0 saturated heterocycles. The van der Waals surface area contributed by atoms with E-state index < -0.39 is 23.8 Å². The second-order valence-corrected chi connectivity index (χ2v) is 9.56. The number of carbonyl (C=O) groups excluding carboxylic acids is 3. The molecule has 1 heterocycles. The first-order valence-corrected chi connectivity index (χ1v) is 13.5.